The summed E-state index contributed by atoms with van der Waals surface area (Å²) in [6.45, 7) is 2.50. The molecule has 0 bridgehead atoms. The molecule has 0 aliphatic carbocycles. The van der Waals surface area contributed by atoms with Gasteiger partial charge in [-0.15, -0.1) is 0 Å². The Bertz CT molecular complexity index is 326. The molecule has 0 saturated carbocycles. The lowest BCUT2D eigenvalue weighted by atomic mass is 10.1. The zero-order valence-corrected chi connectivity index (χ0v) is 9.05. The Labute approximate surface area is 93.2 Å². The minimum absolute atomic E-state index is 0.557. The van der Waals surface area contributed by atoms with E-state index in [4.69, 9.17) is 27.9 Å². The van der Waals surface area contributed by atoms with Crippen LogP contribution in [0.25, 0.3) is 0 Å². The molecule has 0 amide bonds. The van der Waals surface area contributed by atoms with E-state index < -0.39 is 0 Å². The highest BCUT2D eigenvalue weighted by Crippen LogP contribution is 2.28. The third kappa shape index (κ3) is 2.32. The molecule has 1 aliphatic rings. The van der Waals surface area contributed by atoms with Gasteiger partial charge in [0.15, 0.2) is 0 Å². The van der Waals surface area contributed by atoms with Gasteiger partial charge < -0.3 is 4.74 Å². The molecule has 0 spiro atoms. The van der Waals surface area contributed by atoms with Crippen LogP contribution in [0.1, 0.15) is 0 Å². The summed E-state index contributed by atoms with van der Waals surface area (Å²) >= 11 is 11.7. The van der Waals surface area contributed by atoms with E-state index in [1.807, 2.05) is 0 Å². The fraction of sp³-hybridized carbons (Fsp3) is 0.400. The molecule has 1 aromatic rings. The number of hydrogen-bond acceptors (Lipinski definition) is 1. The summed E-state index contributed by atoms with van der Waals surface area (Å²) in [5.74, 6) is 1.25. The van der Waals surface area contributed by atoms with Crippen LogP contribution in [-0.4, -0.2) is 19.7 Å². The van der Waals surface area contributed by atoms with Gasteiger partial charge >= 0.3 is 0 Å². The van der Waals surface area contributed by atoms with Gasteiger partial charge in [-0.3, -0.25) is 0 Å². The van der Waals surface area contributed by atoms with Gasteiger partial charge in [0.1, 0.15) is 5.75 Å². The Morgan fingerprint density at radius 3 is 2.71 bits per heavy atom. The smallest absolute Gasteiger partial charge is 0.137 e. The fourth-order valence-corrected chi connectivity index (χ4v) is 1.68. The normalized spacial score (nSPS) is 16.4. The van der Waals surface area contributed by atoms with Crippen LogP contribution in [0.3, 0.4) is 0 Å². The maximum Gasteiger partial charge on any atom is 0.137 e. The summed E-state index contributed by atoms with van der Waals surface area (Å²) in [6.07, 6.45) is 0. The van der Waals surface area contributed by atoms with Crippen molar-refractivity contribution in [1.82, 2.24) is 5.32 Å². The molecule has 4 heteroatoms. The van der Waals surface area contributed by atoms with Crippen LogP contribution < -0.4 is 10.1 Å². The molecule has 2 rings (SSSR count). The average molecular weight is 231 g/mol. The number of halogens is 2. The van der Waals surface area contributed by atoms with E-state index in [1.54, 1.807) is 18.2 Å². The van der Waals surface area contributed by atoms with Gasteiger partial charge in [-0.25, -0.2) is 5.32 Å². The van der Waals surface area contributed by atoms with Gasteiger partial charge in [0.2, 0.25) is 0 Å². The van der Waals surface area contributed by atoms with Crippen molar-refractivity contribution < 1.29 is 4.74 Å². The average Bonchev–Trinajstić information content (AvgIpc) is 2.05. The summed E-state index contributed by atoms with van der Waals surface area (Å²) in [6, 6.07) is 5.25. The molecule has 1 radical (unpaired) electrons. The zero-order valence-electron chi connectivity index (χ0n) is 7.54. The molecular formula is C10H10Cl2NO. The van der Waals surface area contributed by atoms with Crippen LogP contribution >= 0.6 is 23.2 Å². The zero-order chi connectivity index (χ0) is 9.97. The monoisotopic (exact) mass is 230 g/mol. The summed E-state index contributed by atoms with van der Waals surface area (Å²) < 4.78 is 5.55. The van der Waals surface area contributed by atoms with E-state index in [2.05, 4.69) is 5.32 Å². The van der Waals surface area contributed by atoms with Crippen molar-refractivity contribution in [2.45, 2.75) is 0 Å². The molecule has 1 aliphatic heterocycles. The van der Waals surface area contributed by atoms with Crippen molar-refractivity contribution >= 4 is 23.2 Å². The molecule has 0 N–H and O–H groups in total. The van der Waals surface area contributed by atoms with Gasteiger partial charge in [-0.05, 0) is 18.2 Å². The molecule has 1 aromatic carbocycles. The van der Waals surface area contributed by atoms with Crippen LogP contribution in [0.2, 0.25) is 10.0 Å². The van der Waals surface area contributed by atoms with E-state index in [1.165, 1.54) is 0 Å². The van der Waals surface area contributed by atoms with Crippen molar-refractivity contribution in [3.63, 3.8) is 0 Å². The highest BCUT2D eigenvalue weighted by Gasteiger charge is 2.19. The van der Waals surface area contributed by atoms with Crippen LogP contribution in [0, 0.1) is 5.92 Å². The molecule has 0 atom stereocenters. The Morgan fingerprint density at radius 1 is 1.36 bits per heavy atom. The quantitative estimate of drug-likeness (QED) is 0.784. The third-order valence-electron chi connectivity index (χ3n) is 2.14. The van der Waals surface area contributed by atoms with Crippen molar-refractivity contribution in [3.8, 4) is 5.75 Å². The predicted molar refractivity (Wildman–Crippen MR) is 57.3 cm³/mol. The lowest BCUT2D eigenvalue weighted by Crippen LogP contribution is -2.39. The topological polar surface area (TPSA) is 23.3 Å². The summed E-state index contributed by atoms with van der Waals surface area (Å²) in [7, 11) is 0. The van der Waals surface area contributed by atoms with Crippen LogP contribution in [0.4, 0.5) is 0 Å². The lowest BCUT2D eigenvalue weighted by molar-refractivity contribution is 0.196. The first-order valence-corrected chi connectivity index (χ1v) is 5.22. The summed E-state index contributed by atoms with van der Waals surface area (Å²) in [5, 5.41) is 5.30. The second kappa shape index (κ2) is 4.39. The molecule has 14 heavy (non-hydrogen) atoms. The standard InChI is InChI=1S/C10H10Cl2NO/c11-8-1-2-10(9(12)3-8)14-6-7-4-13-5-7/h1-3,7H,4-6H2. The Balaban J connectivity index is 1.94. The first-order chi connectivity index (χ1) is 6.75. The van der Waals surface area contributed by atoms with E-state index in [0.717, 1.165) is 13.1 Å². The highest BCUT2D eigenvalue weighted by molar-refractivity contribution is 6.35. The molecular weight excluding hydrogens is 221 g/mol. The van der Waals surface area contributed by atoms with Gasteiger partial charge in [-0.2, -0.15) is 0 Å². The molecule has 1 heterocycles. The third-order valence-corrected chi connectivity index (χ3v) is 2.67. The largest absolute Gasteiger partial charge is 0.492 e. The summed E-state index contributed by atoms with van der Waals surface area (Å²) in [5.41, 5.74) is 0. The predicted octanol–water partition coefficient (Wildman–Crippen LogP) is 2.61. The van der Waals surface area contributed by atoms with Crippen LogP contribution in [0.5, 0.6) is 5.75 Å². The first-order valence-electron chi connectivity index (χ1n) is 4.47. The van der Waals surface area contributed by atoms with E-state index in [-0.39, 0.29) is 0 Å². The van der Waals surface area contributed by atoms with Crippen LogP contribution in [-0.2, 0) is 0 Å². The molecule has 0 aromatic heterocycles. The fourth-order valence-electron chi connectivity index (χ4n) is 1.22. The Kier molecular flexibility index (Phi) is 3.16. The lowest BCUT2D eigenvalue weighted by Gasteiger charge is -2.25. The highest BCUT2D eigenvalue weighted by atomic mass is 35.5. The molecule has 1 saturated heterocycles. The molecule has 1 fully saturated rings. The van der Waals surface area contributed by atoms with Crippen molar-refractivity contribution in [2.24, 2.45) is 5.92 Å². The molecule has 0 unspecified atom stereocenters. The van der Waals surface area contributed by atoms with Gasteiger partial charge in [-0.1, -0.05) is 23.2 Å². The molecule has 75 valence electrons. The number of hydrogen-bond donors (Lipinski definition) is 0. The minimum Gasteiger partial charge on any atom is -0.492 e. The van der Waals surface area contributed by atoms with E-state index in [9.17, 15) is 0 Å². The van der Waals surface area contributed by atoms with E-state index in [0.29, 0.717) is 28.3 Å². The Hall–Kier alpha value is -0.440. The Morgan fingerprint density at radius 2 is 2.14 bits per heavy atom. The molecule has 2 nitrogen and oxygen atoms in total. The van der Waals surface area contributed by atoms with Crippen LogP contribution in [0.15, 0.2) is 18.2 Å². The van der Waals surface area contributed by atoms with Crippen molar-refractivity contribution in [3.05, 3.63) is 28.2 Å². The van der Waals surface area contributed by atoms with E-state index >= 15 is 0 Å². The maximum absolute atomic E-state index is 5.94. The maximum atomic E-state index is 5.94. The number of ether oxygens (including phenoxy) is 1. The number of benzene rings is 1. The number of rotatable bonds is 3. The van der Waals surface area contributed by atoms with Crippen molar-refractivity contribution in [1.29, 1.82) is 0 Å². The van der Waals surface area contributed by atoms with Gasteiger partial charge in [0.25, 0.3) is 0 Å². The minimum atomic E-state index is 0.557. The van der Waals surface area contributed by atoms with Crippen molar-refractivity contribution in [2.75, 3.05) is 19.7 Å². The first kappa shape index (κ1) is 10.1. The van der Waals surface area contributed by atoms with Gasteiger partial charge in [0, 0.05) is 24.0 Å². The summed E-state index contributed by atoms with van der Waals surface area (Å²) in [4.78, 5) is 0. The van der Waals surface area contributed by atoms with Gasteiger partial charge in [0.05, 0.1) is 11.6 Å². The second-order valence-corrected chi connectivity index (χ2v) is 4.18. The second-order valence-electron chi connectivity index (χ2n) is 3.34. The number of nitrogens with zero attached hydrogens (tertiary/aromatic N) is 1. The SMILES string of the molecule is Clc1ccc(OCC2C[N]C2)c(Cl)c1.